The van der Waals surface area contributed by atoms with Gasteiger partial charge in [-0.2, -0.15) is 0 Å². The molecule has 1 aliphatic carbocycles. The van der Waals surface area contributed by atoms with Gasteiger partial charge in [-0.15, -0.1) is 0 Å². The first-order valence-corrected chi connectivity index (χ1v) is 14.7. The molecule has 3 rings (SSSR count). The molecule has 33 heavy (non-hydrogen) atoms. The van der Waals surface area contributed by atoms with Gasteiger partial charge in [0.25, 0.3) is 0 Å². The highest BCUT2D eigenvalue weighted by Gasteiger charge is 2.27. The van der Waals surface area contributed by atoms with Crippen molar-refractivity contribution in [1.29, 1.82) is 0 Å². The summed E-state index contributed by atoms with van der Waals surface area (Å²) in [6.07, 6.45) is 10.9. The standard InChI is InChI=1S/C26H43N3O3S/c1-4-16-28(20-23-14-17-29(18-15-23)33(3,31)32)21(2)19-22-10-12-25(13-11-22)27-26(30)24-8-6-5-7-9-24/h10-13,21,23-24H,4-9,14-20H2,1-3H3,(H,27,30). The third-order valence-corrected chi connectivity index (χ3v) is 8.70. The third-order valence-electron chi connectivity index (χ3n) is 7.40. The Bertz CT molecular complexity index is 842. The molecule has 0 aromatic heterocycles. The molecule has 0 spiro atoms. The summed E-state index contributed by atoms with van der Waals surface area (Å²) in [4.78, 5) is 15.1. The van der Waals surface area contributed by atoms with Crippen molar-refractivity contribution in [2.24, 2.45) is 11.8 Å². The number of piperidine rings is 1. The lowest BCUT2D eigenvalue weighted by Gasteiger charge is -2.36. The van der Waals surface area contributed by atoms with E-state index in [2.05, 4.69) is 36.2 Å². The summed E-state index contributed by atoms with van der Waals surface area (Å²) >= 11 is 0. The molecule has 1 heterocycles. The number of amides is 1. The fraction of sp³-hybridized carbons (Fsp3) is 0.731. The number of benzene rings is 1. The predicted octanol–water partition coefficient (Wildman–Crippen LogP) is 4.52. The van der Waals surface area contributed by atoms with E-state index >= 15 is 0 Å². The quantitative estimate of drug-likeness (QED) is 0.538. The first-order chi connectivity index (χ1) is 15.8. The second kappa shape index (κ2) is 12.3. The zero-order chi connectivity index (χ0) is 23.8. The Morgan fingerprint density at radius 1 is 1.09 bits per heavy atom. The van der Waals surface area contributed by atoms with E-state index in [1.165, 1.54) is 31.1 Å². The van der Waals surface area contributed by atoms with Gasteiger partial charge < -0.3 is 10.2 Å². The number of nitrogens with zero attached hydrogens (tertiary/aromatic N) is 2. The third kappa shape index (κ3) is 8.08. The van der Waals surface area contributed by atoms with Crippen LogP contribution in [0.1, 0.15) is 70.8 Å². The molecule has 6 nitrogen and oxygen atoms in total. The Morgan fingerprint density at radius 3 is 2.30 bits per heavy atom. The fourth-order valence-corrected chi connectivity index (χ4v) is 6.21. The summed E-state index contributed by atoms with van der Waals surface area (Å²) in [6.45, 7) is 7.89. The van der Waals surface area contributed by atoms with Gasteiger partial charge >= 0.3 is 0 Å². The van der Waals surface area contributed by atoms with Crippen LogP contribution in [0, 0.1) is 11.8 Å². The van der Waals surface area contributed by atoms with E-state index in [0.717, 1.165) is 57.3 Å². The molecule has 1 saturated carbocycles. The van der Waals surface area contributed by atoms with Gasteiger partial charge in [-0.1, -0.05) is 38.3 Å². The van der Waals surface area contributed by atoms with E-state index < -0.39 is 10.0 Å². The lowest BCUT2D eigenvalue weighted by molar-refractivity contribution is -0.120. The minimum Gasteiger partial charge on any atom is -0.326 e. The number of rotatable bonds is 10. The van der Waals surface area contributed by atoms with Crippen molar-refractivity contribution in [3.8, 4) is 0 Å². The summed E-state index contributed by atoms with van der Waals surface area (Å²) in [5, 5.41) is 3.11. The molecule has 2 fully saturated rings. The Morgan fingerprint density at radius 2 is 1.73 bits per heavy atom. The van der Waals surface area contributed by atoms with Crippen LogP contribution in [0.25, 0.3) is 0 Å². The average Bonchev–Trinajstić information content (AvgIpc) is 2.80. The summed E-state index contributed by atoms with van der Waals surface area (Å²) in [7, 11) is -3.07. The molecule has 2 aliphatic rings. The minimum absolute atomic E-state index is 0.172. The molecule has 1 saturated heterocycles. The average molecular weight is 478 g/mol. The molecule has 0 radical (unpaired) electrons. The lowest BCUT2D eigenvalue weighted by Crippen LogP contribution is -2.44. The molecule has 186 valence electrons. The second-order valence-electron chi connectivity index (χ2n) is 10.2. The van der Waals surface area contributed by atoms with E-state index in [9.17, 15) is 13.2 Å². The van der Waals surface area contributed by atoms with Crippen LogP contribution in [0.5, 0.6) is 0 Å². The van der Waals surface area contributed by atoms with Crippen molar-refractivity contribution >= 4 is 21.6 Å². The highest BCUT2D eigenvalue weighted by atomic mass is 32.2. The number of hydrogen-bond acceptors (Lipinski definition) is 4. The molecule has 1 unspecified atom stereocenters. The normalized spacial score (nSPS) is 20.1. The highest BCUT2D eigenvalue weighted by molar-refractivity contribution is 7.88. The monoisotopic (exact) mass is 477 g/mol. The predicted molar refractivity (Wildman–Crippen MR) is 136 cm³/mol. The molecule has 7 heteroatoms. The maximum Gasteiger partial charge on any atom is 0.227 e. The molecular formula is C26H43N3O3S. The molecule has 1 aromatic carbocycles. The number of nitrogens with one attached hydrogen (secondary N) is 1. The van der Waals surface area contributed by atoms with Crippen molar-refractivity contribution < 1.29 is 13.2 Å². The van der Waals surface area contributed by atoms with Crippen LogP contribution in [-0.2, 0) is 21.2 Å². The van der Waals surface area contributed by atoms with Crippen molar-refractivity contribution in [2.45, 2.75) is 77.7 Å². The lowest BCUT2D eigenvalue weighted by atomic mass is 9.88. The van der Waals surface area contributed by atoms with Crippen LogP contribution in [0.4, 0.5) is 5.69 Å². The molecule has 1 atom stereocenters. The first-order valence-electron chi connectivity index (χ1n) is 12.8. The second-order valence-corrected chi connectivity index (χ2v) is 12.2. The highest BCUT2D eigenvalue weighted by Crippen LogP contribution is 2.25. The number of hydrogen-bond donors (Lipinski definition) is 1. The zero-order valence-electron chi connectivity index (χ0n) is 20.8. The van der Waals surface area contributed by atoms with E-state index in [1.54, 1.807) is 4.31 Å². The van der Waals surface area contributed by atoms with Gasteiger partial charge in [0.2, 0.25) is 15.9 Å². The van der Waals surface area contributed by atoms with Gasteiger partial charge in [-0.05, 0) is 75.6 Å². The smallest absolute Gasteiger partial charge is 0.227 e. The molecule has 0 bridgehead atoms. The van der Waals surface area contributed by atoms with Crippen molar-refractivity contribution in [3.05, 3.63) is 29.8 Å². The van der Waals surface area contributed by atoms with Gasteiger partial charge in [0, 0.05) is 37.3 Å². The van der Waals surface area contributed by atoms with Crippen molar-refractivity contribution in [1.82, 2.24) is 9.21 Å². The van der Waals surface area contributed by atoms with Crippen LogP contribution in [0.2, 0.25) is 0 Å². The minimum atomic E-state index is -3.07. The Balaban J connectivity index is 1.50. The van der Waals surface area contributed by atoms with E-state index in [1.807, 2.05) is 12.1 Å². The summed E-state index contributed by atoms with van der Waals surface area (Å²) < 4.78 is 25.2. The van der Waals surface area contributed by atoms with Gasteiger partial charge in [-0.25, -0.2) is 12.7 Å². The SMILES string of the molecule is CCCN(CC1CCN(S(C)(=O)=O)CC1)C(C)Cc1ccc(NC(=O)C2CCCCC2)cc1. The first kappa shape index (κ1) is 26.2. The van der Waals surface area contributed by atoms with E-state index in [4.69, 9.17) is 0 Å². The molecule has 1 N–H and O–H groups in total. The van der Waals surface area contributed by atoms with E-state index in [-0.39, 0.29) is 11.8 Å². The van der Waals surface area contributed by atoms with Crippen LogP contribution >= 0.6 is 0 Å². The van der Waals surface area contributed by atoms with Crippen LogP contribution in [-0.4, -0.2) is 62.0 Å². The van der Waals surface area contributed by atoms with Gasteiger partial charge in [0.05, 0.1) is 6.26 Å². The number of carbonyl (C=O) groups excluding carboxylic acids is 1. The maximum atomic E-state index is 12.5. The van der Waals surface area contributed by atoms with Gasteiger partial charge in [0.15, 0.2) is 0 Å². The molecular weight excluding hydrogens is 434 g/mol. The number of carbonyl (C=O) groups is 1. The Kier molecular flexibility index (Phi) is 9.77. The summed E-state index contributed by atoms with van der Waals surface area (Å²) in [5.74, 6) is 0.895. The van der Waals surface area contributed by atoms with Crippen molar-refractivity contribution in [3.63, 3.8) is 0 Å². The van der Waals surface area contributed by atoms with Crippen LogP contribution in [0.15, 0.2) is 24.3 Å². The summed E-state index contributed by atoms with van der Waals surface area (Å²) in [6, 6.07) is 8.77. The van der Waals surface area contributed by atoms with Crippen LogP contribution in [0.3, 0.4) is 0 Å². The van der Waals surface area contributed by atoms with Gasteiger partial charge in [-0.3, -0.25) is 4.79 Å². The molecule has 1 aromatic rings. The Hall–Kier alpha value is -1.44. The van der Waals surface area contributed by atoms with Gasteiger partial charge in [0.1, 0.15) is 0 Å². The largest absolute Gasteiger partial charge is 0.326 e. The Labute approximate surface area is 201 Å². The van der Waals surface area contributed by atoms with Crippen LogP contribution < -0.4 is 5.32 Å². The topological polar surface area (TPSA) is 69.7 Å². The van der Waals surface area contributed by atoms with Crippen molar-refractivity contribution in [2.75, 3.05) is 37.8 Å². The van der Waals surface area contributed by atoms with E-state index in [0.29, 0.717) is 25.0 Å². The molecule has 1 aliphatic heterocycles. The summed E-state index contributed by atoms with van der Waals surface area (Å²) in [5.41, 5.74) is 2.18. The number of sulfonamides is 1. The zero-order valence-corrected chi connectivity index (χ0v) is 21.6. The number of anilines is 1. The fourth-order valence-electron chi connectivity index (χ4n) is 5.34. The maximum absolute atomic E-state index is 12.5. The molecule has 1 amide bonds.